The van der Waals surface area contributed by atoms with Crippen molar-refractivity contribution < 1.29 is 9.53 Å². The van der Waals surface area contributed by atoms with Crippen LogP contribution in [0.4, 0.5) is 0 Å². The lowest BCUT2D eigenvalue weighted by Crippen LogP contribution is -2.44. The SMILES string of the molecule is Cc1cc(=O)n2[nH]c([C@H]3CCCCN3C(=O)[C@H]3CCCO3)cc2n1. The van der Waals surface area contributed by atoms with Gasteiger partial charge in [0, 0.05) is 31.0 Å². The molecule has 4 rings (SSSR count). The minimum Gasteiger partial charge on any atom is -0.368 e. The maximum Gasteiger partial charge on any atom is 0.272 e. The van der Waals surface area contributed by atoms with Crippen molar-refractivity contribution in [2.75, 3.05) is 13.2 Å². The van der Waals surface area contributed by atoms with Crippen LogP contribution in [0.3, 0.4) is 0 Å². The van der Waals surface area contributed by atoms with Gasteiger partial charge in [-0.3, -0.25) is 14.7 Å². The van der Waals surface area contributed by atoms with Crippen molar-refractivity contribution in [1.29, 1.82) is 0 Å². The summed E-state index contributed by atoms with van der Waals surface area (Å²) in [6, 6.07) is 3.35. The van der Waals surface area contributed by atoms with Crippen LogP contribution in [-0.4, -0.2) is 44.7 Å². The number of aromatic nitrogens is 3. The summed E-state index contributed by atoms with van der Waals surface area (Å²) in [6.45, 7) is 3.21. The van der Waals surface area contributed by atoms with Crippen molar-refractivity contribution in [1.82, 2.24) is 19.5 Å². The third kappa shape index (κ3) is 2.62. The molecule has 2 atom stereocenters. The summed E-state index contributed by atoms with van der Waals surface area (Å²) < 4.78 is 7.03. The van der Waals surface area contributed by atoms with Gasteiger partial charge in [-0.15, -0.1) is 0 Å². The van der Waals surface area contributed by atoms with Gasteiger partial charge in [0.15, 0.2) is 5.65 Å². The Kier molecular flexibility index (Phi) is 3.88. The first-order chi connectivity index (χ1) is 11.6. The quantitative estimate of drug-likeness (QED) is 0.906. The van der Waals surface area contributed by atoms with Gasteiger partial charge in [0.2, 0.25) is 0 Å². The average Bonchev–Trinajstić information content (AvgIpc) is 3.23. The highest BCUT2D eigenvalue weighted by Gasteiger charge is 2.35. The smallest absolute Gasteiger partial charge is 0.272 e. The first kappa shape index (κ1) is 15.4. The van der Waals surface area contributed by atoms with Crippen molar-refractivity contribution in [3.05, 3.63) is 33.9 Å². The number of piperidine rings is 1. The van der Waals surface area contributed by atoms with Gasteiger partial charge in [-0.1, -0.05) is 0 Å². The molecule has 1 amide bonds. The second kappa shape index (κ2) is 6.05. The number of fused-ring (bicyclic) bond motifs is 1. The largest absolute Gasteiger partial charge is 0.368 e. The number of carbonyl (C=O) groups excluding carboxylic acids is 1. The molecule has 24 heavy (non-hydrogen) atoms. The van der Waals surface area contributed by atoms with Gasteiger partial charge in [-0.2, -0.15) is 0 Å². The second-order valence-electron chi connectivity index (χ2n) is 6.69. The molecule has 2 saturated heterocycles. The molecule has 7 heteroatoms. The van der Waals surface area contributed by atoms with Crippen LogP contribution >= 0.6 is 0 Å². The van der Waals surface area contributed by atoms with Crippen molar-refractivity contribution in [2.24, 2.45) is 0 Å². The number of hydrogen-bond acceptors (Lipinski definition) is 4. The molecule has 2 aromatic heterocycles. The third-order valence-corrected chi connectivity index (χ3v) is 4.95. The van der Waals surface area contributed by atoms with Crippen molar-refractivity contribution in [2.45, 2.75) is 51.2 Å². The molecule has 2 aliphatic heterocycles. The molecule has 2 fully saturated rings. The molecule has 0 bridgehead atoms. The predicted molar refractivity (Wildman–Crippen MR) is 87.8 cm³/mol. The lowest BCUT2D eigenvalue weighted by molar-refractivity contribution is -0.145. The number of nitrogens with one attached hydrogen (secondary N) is 1. The molecule has 0 radical (unpaired) electrons. The Balaban J connectivity index is 1.68. The molecular weight excluding hydrogens is 308 g/mol. The van der Waals surface area contributed by atoms with Crippen LogP contribution in [0, 0.1) is 6.92 Å². The van der Waals surface area contributed by atoms with Gasteiger partial charge in [0.25, 0.3) is 11.5 Å². The molecule has 0 unspecified atom stereocenters. The van der Waals surface area contributed by atoms with E-state index in [4.69, 9.17) is 4.74 Å². The van der Waals surface area contributed by atoms with E-state index in [1.807, 2.05) is 17.9 Å². The zero-order valence-corrected chi connectivity index (χ0v) is 13.8. The predicted octanol–water partition coefficient (Wildman–Crippen LogP) is 1.56. The fraction of sp³-hybridized carbons (Fsp3) is 0.588. The minimum absolute atomic E-state index is 0.0446. The zero-order chi connectivity index (χ0) is 16.7. The number of amides is 1. The maximum atomic E-state index is 12.8. The highest BCUT2D eigenvalue weighted by Crippen LogP contribution is 2.32. The van der Waals surface area contributed by atoms with Crippen LogP contribution in [0.2, 0.25) is 0 Å². The van der Waals surface area contributed by atoms with E-state index in [9.17, 15) is 9.59 Å². The molecule has 2 aliphatic rings. The third-order valence-electron chi connectivity index (χ3n) is 4.95. The minimum atomic E-state index is -0.307. The van der Waals surface area contributed by atoms with Gasteiger partial charge < -0.3 is 9.64 Å². The van der Waals surface area contributed by atoms with E-state index < -0.39 is 0 Å². The van der Waals surface area contributed by atoms with Crippen LogP contribution in [0.15, 0.2) is 16.9 Å². The topological polar surface area (TPSA) is 79.7 Å². The van der Waals surface area contributed by atoms with Crippen molar-refractivity contribution in [3.8, 4) is 0 Å². The summed E-state index contributed by atoms with van der Waals surface area (Å²) in [6.07, 6.45) is 4.40. The van der Waals surface area contributed by atoms with Crippen LogP contribution in [0.1, 0.15) is 49.5 Å². The van der Waals surface area contributed by atoms with Crippen LogP contribution in [-0.2, 0) is 9.53 Å². The Labute approximate surface area is 139 Å². The average molecular weight is 330 g/mol. The maximum absolute atomic E-state index is 12.8. The van der Waals surface area contributed by atoms with Gasteiger partial charge in [0.05, 0.1) is 11.7 Å². The lowest BCUT2D eigenvalue weighted by atomic mass is 9.98. The summed E-state index contributed by atoms with van der Waals surface area (Å²) >= 11 is 0. The van der Waals surface area contributed by atoms with E-state index in [1.54, 1.807) is 0 Å². The normalized spacial score (nSPS) is 24.6. The Morgan fingerprint density at radius 2 is 2.17 bits per heavy atom. The fourth-order valence-corrected chi connectivity index (χ4v) is 3.78. The van der Waals surface area contributed by atoms with Gasteiger partial charge in [-0.05, 0) is 39.0 Å². The molecule has 0 aromatic carbocycles. The molecule has 1 N–H and O–H groups in total. The zero-order valence-electron chi connectivity index (χ0n) is 13.8. The van der Waals surface area contributed by atoms with E-state index in [1.165, 1.54) is 10.6 Å². The molecule has 0 aliphatic carbocycles. The number of H-pyrrole nitrogens is 1. The number of rotatable bonds is 2. The molecule has 0 spiro atoms. The van der Waals surface area contributed by atoms with Crippen molar-refractivity contribution >= 4 is 11.6 Å². The Morgan fingerprint density at radius 3 is 2.96 bits per heavy atom. The first-order valence-electron chi connectivity index (χ1n) is 8.65. The summed E-state index contributed by atoms with van der Waals surface area (Å²) in [5.74, 6) is 0.0762. The van der Waals surface area contributed by atoms with Gasteiger partial charge in [0.1, 0.15) is 6.10 Å². The number of likely N-dealkylation sites (tertiary alicyclic amines) is 1. The lowest BCUT2D eigenvalue weighted by Gasteiger charge is -2.36. The monoisotopic (exact) mass is 330 g/mol. The molecule has 0 saturated carbocycles. The summed E-state index contributed by atoms with van der Waals surface area (Å²) in [5.41, 5.74) is 2.04. The molecule has 128 valence electrons. The van der Waals surface area contributed by atoms with E-state index in [-0.39, 0.29) is 23.6 Å². The van der Waals surface area contributed by atoms with E-state index in [2.05, 4.69) is 10.1 Å². The first-order valence-corrected chi connectivity index (χ1v) is 8.65. The van der Waals surface area contributed by atoms with Crippen LogP contribution < -0.4 is 5.56 Å². The van der Waals surface area contributed by atoms with Crippen LogP contribution in [0.5, 0.6) is 0 Å². The number of aromatic amines is 1. The number of aryl methyl sites for hydroxylation is 1. The Hall–Kier alpha value is -2.15. The Bertz CT molecular complexity index is 819. The number of carbonyl (C=O) groups is 1. The number of nitrogens with zero attached hydrogens (tertiary/aromatic N) is 3. The van der Waals surface area contributed by atoms with Gasteiger partial charge >= 0.3 is 0 Å². The van der Waals surface area contributed by atoms with Crippen LogP contribution in [0.25, 0.3) is 5.65 Å². The molecular formula is C17H22N4O3. The fourth-order valence-electron chi connectivity index (χ4n) is 3.78. The number of hydrogen-bond donors (Lipinski definition) is 1. The van der Waals surface area contributed by atoms with E-state index in [0.717, 1.165) is 44.3 Å². The second-order valence-corrected chi connectivity index (χ2v) is 6.69. The Morgan fingerprint density at radius 1 is 1.29 bits per heavy atom. The summed E-state index contributed by atoms with van der Waals surface area (Å²) in [7, 11) is 0. The van der Waals surface area contributed by atoms with E-state index >= 15 is 0 Å². The standard InChI is InChI=1S/C17H22N4O3/c1-11-9-16(22)21-15(18-11)10-12(19-21)13-5-2-3-7-20(13)17(23)14-6-4-8-24-14/h9-10,13-14,19H,2-8H2,1H3/t13-,14-/m1/s1. The summed E-state index contributed by atoms with van der Waals surface area (Å²) in [4.78, 5) is 31.3. The number of ether oxygens (including phenoxy) is 1. The van der Waals surface area contributed by atoms with Crippen molar-refractivity contribution in [3.63, 3.8) is 0 Å². The summed E-state index contributed by atoms with van der Waals surface area (Å²) in [5, 5.41) is 3.14. The molecule has 7 nitrogen and oxygen atoms in total. The van der Waals surface area contributed by atoms with Gasteiger partial charge in [-0.25, -0.2) is 9.50 Å². The highest BCUT2D eigenvalue weighted by molar-refractivity contribution is 5.81. The molecule has 4 heterocycles. The highest BCUT2D eigenvalue weighted by atomic mass is 16.5. The van der Waals surface area contributed by atoms with E-state index in [0.29, 0.717) is 17.9 Å². The molecule has 2 aromatic rings.